The molecule has 0 aliphatic rings. The summed E-state index contributed by atoms with van der Waals surface area (Å²) in [5.74, 6) is 0. The van der Waals surface area contributed by atoms with Crippen LogP contribution in [0.4, 0.5) is 0 Å². The van der Waals surface area contributed by atoms with Crippen LogP contribution in [0.2, 0.25) is 0 Å². The van der Waals surface area contributed by atoms with E-state index in [0.717, 1.165) is 12.1 Å². The highest BCUT2D eigenvalue weighted by Crippen LogP contribution is 2.04. The molecule has 0 aliphatic carbocycles. The average molecular weight is 167 g/mol. The molecule has 0 aliphatic heterocycles. The molecule has 3 heteroatoms. The fourth-order valence-corrected chi connectivity index (χ4v) is 1.27. The van der Waals surface area contributed by atoms with Crippen molar-refractivity contribution >= 4 is 0 Å². The van der Waals surface area contributed by atoms with Crippen LogP contribution in [0.5, 0.6) is 0 Å². The van der Waals surface area contributed by atoms with Gasteiger partial charge in [-0.25, -0.2) is 0 Å². The van der Waals surface area contributed by atoms with E-state index in [4.69, 9.17) is 0 Å². The number of nitrogens with zero attached hydrogens (tertiary/aromatic N) is 2. The average Bonchev–Trinajstić information content (AvgIpc) is 2.30. The van der Waals surface area contributed by atoms with Crippen LogP contribution < -0.4 is 5.32 Å². The van der Waals surface area contributed by atoms with E-state index in [1.54, 1.807) is 0 Å². The lowest BCUT2D eigenvalue weighted by molar-refractivity contribution is 0.575. The molecule has 0 saturated carbocycles. The molecule has 0 saturated heterocycles. The van der Waals surface area contributed by atoms with Crippen LogP contribution in [-0.4, -0.2) is 22.9 Å². The molecule has 1 unspecified atom stereocenters. The van der Waals surface area contributed by atoms with Crippen LogP contribution in [-0.2, 0) is 13.5 Å². The van der Waals surface area contributed by atoms with E-state index in [2.05, 4.69) is 23.4 Å². The van der Waals surface area contributed by atoms with Gasteiger partial charge in [0, 0.05) is 25.2 Å². The summed E-state index contributed by atoms with van der Waals surface area (Å²) in [6.07, 6.45) is 1.04. The first-order chi connectivity index (χ1) is 5.63. The molecule has 1 aromatic rings. The minimum Gasteiger partial charge on any atom is -0.317 e. The Morgan fingerprint density at radius 2 is 2.33 bits per heavy atom. The van der Waals surface area contributed by atoms with E-state index in [1.807, 2.05) is 25.7 Å². The summed E-state index contributed by atoms with van der Waals surface area (Å²) >= 11 is 0. The monoisotopic (exact) mass is 167 g/mol. The van der Waals surface area contributed by atoms with Gasteiger partial charge >= 0.3 is 0 Å². The third-order valence-electron chi connectivity index (χ3n) is 2.11. The summed E-state index contributed by atoms with van der Waals surface area (Å²) in [5, 5.41) is 7.50. The van der Waals surface area contributed by atoms with Crippen LogP contribution >= 0.6 is 0 Å². The van der Waals surface area contributed by atoms with Crippen molar-refractivity contribution in [1.82, 2.24) is 15.1 Å². The van der Waals surface area contributed by atoms with E-state index in [1.165, 1.54) is 5.69 Å². The summed E-state index contributed by atoms with van der Waals surface area (Å²) < 4.78 is 1.95. The summed E-state index contributed by atoms with van der Waals surface area (Å²) in [5.41, 5.74) is 2.38. The lowest BCUT2D eigenvalue weighted by Crippen LogP contribution is -2.24. The van der Waals surface area contributed by atoms with Gasteiger partial charge in [0.05, 0.1) is 5.69 Å². The Labute approximate surface area is 73.8 Å². The molecular formula is C9H17N3. The Morgan fingerprint density at radius 1 is 1.67 bits per heavy atom. The van der Waals surface area contributed by atoms with E-state index < -0.39 is 0 Å². The number of hydrogen-bond donors (Lipinski definition) is 1. The van der Waals surface area contributed by atoms with Crippen molar-refractivity contribution in [2.75, 3.05) is 7.05 Å². The Morgan fingerprint density at radius 3 is 2.75 bits per heavy atom. The van der Waals surface area contributed by atoms with Gasteiger partial charge in [0.25, 0.3) is 0 Å². The zero-order valence-electron chi connectivity index (χ0n) is 8.26. The standard InChI is InChI=1S/C9H17N3/c1-7(10-3)5-9-6-8(2)11-12(9)4/h6-7,10H,5H2,1-4H3. The Kier molecular flexibility index (Phi) is 2.87. The Hall–Kier alpha value is -0.830. The highest BCUT2D eigenvalue weighted by atomic mass is 15.3. The van der Waals surface area contributed by atoms with Crippen molar-refractivity contribution in [3.05, 3.63) is 17.5 Å². The number of aromatic nitrogens is 2. The van der Waals surface area contributed by atoms with E-state index in [-0.39, 0.29) is 0 Å². The van der Waals surface area contributed by atoms with Gasteiger partial charge in [0.15, 0.2) is 0 Å². The van der Waals surface area contributed by atoms with E-state index in [9.17, 15) is 0 Å². The molecule has 0 amide bonds. The largest absolute Gasteiger partial charge is 0.317 e. The normalized spacial score (nSPS) is 13.3. The first-order valence-electron chi connectivity index (χ1n) is 4.30. The Balaban J connectivity index is 2.68. The molecule has 1 rings (SSSR count). The summed E-state index contributed by atoms with van der Waals surface area (Å²) in [7, 11) is 3.97. The van der Waals surface area contributed by atoms with Crippen molar-refractivity contribution in [2.45, 2.75) is 26.3 Å². The summed E-state index contributed by atoms with van der Waals surface area (Å²) in [6, 6.07) is 2.65. The van der Waals surface area contributed by atoms with Gasteiger partial charge < -0.3 is 5.32 Å². The predicted octanol–water partition coefficient (Wildman–Crippen LogP) is 0.879. The number of rotatable bonds is 3. The first-order valence-corrected chi connectivity index (χ1v) is 4.30. The molecular weight excluding hydrogens is 150 g/mol. The third-order valence-corrected chi connectivity index (χ3v) is 2.11. The number of hydrogen-bond acceptors (Lipinski definition) is 2. The van der Waals surface area contributed by atoms with Crippen molar-refractivity contribution in [2.24, 2.45) is 7.05 Å². The Bertz CT molecular complexity index is 252. The van der Waals surface area contributed by atoms with Crippen molar-refractivity contribution in [1.29, 1.82) is 0 Å². The van der Waals surface area contributed by atoms with Gasteiger partial charge in [0.2, 0.25) is 0 Å². The molecule has 1 atom stereocenters. The minimum absolute atomic E-state index is 0.514. The maximum atomic E-state index is 4.29. The van der Waals surface area contributed by atoms with Gasteiger partial charge in [-0.15, -0.1) is 0 Å². The smallest absolute Gasteiger partial charge is 0.0596 e. The predicted molar refractivity (Wildman–Crippen MR) is 50.2 cm³/mol. The molecule has 0 aromatic carbocycles. The van der Waals surface area contributed by atoms with E-state index in [0.29, 0.717) is 6.04 Å². The molecule has 0 bridgehead atoms. The molecule has 3 nitrogen and oxygen atoms in total. The first kappa shape index (κ1) is 9.26. The highest BCUT2D eigenvalue weighted by molar-refractivity contribution is 5.09. The minimum atomic E-state index is 0.514. The molecule has 0 radical (unpaired) electrons. The van der Waals surface area contributed by atoms with Gasteiger partial charge in [-0.1, -0.05) is 0 Å². The number of nitrogens with one attached hydrogen (secondary N) is 1. The fraction of sp³-hybridized carbons (Fsp3) is 0.667. The van der Waals surface area contributed by atoms with Crippen molar-refractivity contribution in [3.8, 4) is 0 Å². The second kappa shape index (κ2) is 3.72. The lowest BCUT2D eigenvalue weighted by atomic mass is 10.2. The lowest BCUT2D eigenvalue weighted by Gasteiger charge is -2.09. The van der Waals surface area contributed by atoms with Gasteiger partial charge in [-0.3, -0.25) is 4.68 Å². The van der Waals surface area contributed by atoms with E-state index >= 15 is 0 Å². The van der Waals surface area contributed by atoms with Crippen LogP contribution in [0.25, 0.3) is 0 Å². The zero-order valence-corrected chi connectivity index (χ0v) is 8.26. The third kappa shape index (κ3) is 2.08. The second-order valence-corrected chi connectivity index (χ2v) is 3.29. The molecule has 1 N–H and O–H groups in total. The summed E-state index contributed by atoms with van der Waals surface area (Å²) in [6.45, 7) is 4.19. The molecule has 0 fully saturated rings. The fourth-order valence-electron chi connectivity index (χ4n) is 1.27. The zero-order chi connectivity index (χ0) is 9.14. The van der Waals surface area contributed by atoms with Gasteiger partial charge in [0.1, 0.15) is 0 Å². The van der Waals surface area contributed by atoms with Crippen molar-refractivity contribution < 1.29 is 0 Å². The van der Waals surface area contributed by atoms with Crippen LogP contribution in [0.3, 0.4) is 0 Å². The quantitative estimate of drug-likeness (QED) is 0.724. The van der Waals surface area contributed by atoms with Crippen LogP contribution in [0.15, 0.2) is 6.07 Å². The molecule has 1 heterocycles. The topological polar surface area (TPSA) is 29.9 Å². The maximum Gasteiger partial charge on any atom is 0.0596 e. The SMILES string of the molecule is CNC(C)Cc1cc(C)nn1C. The summed E-state index contributed by atoms with van der Waals surface area (Å²) in [4.78, 5) is 0. The second-order valence-electron chi connectivity index (χ2n) is 3.29. The number of aryl methyl sites for hydroxylation is 2. The number of likely N-dealkylation sites (N-methyl/N-ethyl adjacent to an activating group) is 1. The molecule has 12 heavy (non-hydrogen) atoms. The van der Waals surface area contributed by atoms with Crippen LogP contribution in [0, 0.1) is 6.92 Å². The molecule has 1 aromatic heterocycles. The van der Waals surface area contributed by atoms with Crippen LogP contribution in [0.1, 0.15) is 18.3 Å². The highest BCUT2D eigenvalue weighted by Gasteiger charge is 2.05. The maximum absolute atomic E-state index is 4.29. The van der Waals surface area contributed by atoms with Crippen molar-refractivity contribution in [3.63, 3.8) is 0 Å². The molecule has 68 valence electrons. The van der Waals surface area contributed by atoms with Gasteiger partial charge in [-0.05, 0) is 27.0 Å². The molecule has 0 spiro atoms. The van der Waals surface area contributed by atoms with Gasteiger partial charge in [-0.2, -0.15) is 5.10 Å².